The van der Waals surface area contributed by atoms with Gasteiger partial charge in [-0.15, -0.1) is 0 Å². The van der Waals surface area contributed by atoms with Crippen molar-refractivity contribution in [2.45, 2.75) is 6.42 Å². The number of aryl methyl sites for hydroxylation is 1. The Morgan fingerprint density at radius 1 is 1.45 bits per heavy atom. The standard InChI is InChI=1S/C8H9FOS/c9-7-1-2-8(10)6(5-7)3-4-11/h1-2,5,10-11H,3-4H2. The third kappa shape index (κ3) is 2.12. The predicted octanol–water partition coefficient (Wildman–Crippen LogP) is 2.00. The van der Waals surface area contributed by atoms with Gasteiger partial charge in [-0.25, -0.2) is 4.39 Å². The van der Waals surface area contributed by atoms with E-state index in [9.17, 15) is 4.39 Å². The van der Waals surface area contributed by atoms with Gasteiger partial charge in [0.2, 0.25) is 0 Å². The van der Waals surface area contributed by atoms with Crippen LogP contribution in [-0.4, -0.2) is 10.9 Å². The summed E-state index contributed by atoms with van der Waals surface area (Å²) in [6, 6.07) is 3.91. The number of halogens is 1. The highest BCUT2D eigenvalue weighted by Gasteiger charge is 2.00. The van der Waals surface area contributed by atoms with E-state index < -0.39 is 0 Å². The minimum atomic E-state index is -0.320. The molecule has 1 rings (SSSR count). The number of hydrogen-bond acceptors (Lipinski definition) is 2. The highest BCUT2D eigenvalue weighted by atomic mass is 32.1. The Balaban J connectivity index is 2.93. The first-order chi connectivity index (χ1) is 5.24. The molecule has 0 spiro atoms. The average molecular weight is 172 g/mol. The van der Waals surface area contributed by atoms with Crippen molar-refractivity contribution in [3.63, 3.8) is 0 Å². The molecule has 1 nitrogen and oxygen atoms in total. The van der Waals surface area contributed by atoms with Gasteiger partial charge in [0, 0.05) is 0 Å². The molecular weight excluding hydrogens is 163 g/mol. The number of hydrogen-bond donors (Lipinski definition) is 2. The van der Waals surface area contributed by atoms with Crippen molar-refractivity contribution in [1.82, 2.24) is 0 Å². The Kier molecular flexibility index (Phi) is 2.76. The van der Waals surface area contributed by atoms with Crippen LogP contribution in [-0.2, 0) is 6.42 Å². The molecule has 1 N–H and O–H groups in total. The number of phenols is 1. The van der Waals surface area contributed by atoms with Gasteiger partial charge in [-0.1, -0.05) is 0 Å². The van der Waals surface area contributed by atoms with Crippen LogP contribution in [0.2, 0.25) is 0 Å². The van der Waals surface area contributed by atoms with Crippen molar-refractivity contribution in [3.8, 4) is 5.75 Å². The quantitative estimate of drug-likeness (QED) is 0.654. The molecule has 0 aliphatic heterocycles. The van der Waals surface area contributed by atoms with Crippen molar-refractivity contribution in [2.24, 2.45) is 0 Å². The first-order valence-corrected chi connectivity index (χ1v) is 3.95. The second kappa shape index (κ2) is 3.62. The Bertz CT molecular complexity index is 250. The second-order valence-electron chi connectivity index (χ2n) is 2.25. The Morgan fingerprint density at radius 2 is 2.18 bits per heavy atom. The third-order valence-electron chi connectivity index (χ3n) is 1.42. The lowest BCUT2D eigenvalue weighted by Gasteiger charge is -2.00. The summed E-state index contributed by atoms with van der Waals surface area (Å²) in [7, 11) is 0. The van der Waals surface area contributed by atoms with Gasteiger partial charge in [-0.3, -0.25) is 0 Å². The molecule has 0 heterocycles. The minimum Gasteiger partial charge on any atom is -0.508 e. The molecule has 60 valence electrons. The molecule has 0 saturated carbocycles. The normalized spacial score (nSPS) is 10.0. The summed E-state index contributed by atoms with van der Waals surface area (Å²) in [5.41, 5.74) is 0.611. The van der Waals surface area contributed by atoms with Gasteiger partial charge >= 0.3 is 0 Å². The van der Waals surface area contributed by atoms with Gasteiger partial charge in [0.15, 0.2) is 0 Å². The molecule has 0 saturated heterocycles. The zero-order valence-corrected chi connectivity index (χ0v) is 6.81. The molecule has 1 aromatic carbocycles. The van der Waals surface area contributed by atoms with Gasteiger partial charge in [0.05, 0.1) is 0 Å². The molecule has 0 amide bonds. The van der Waals surface area contributed by atoms with Crippen molar-refractivity contribution in [2.75, 3.05) is 5.75 Å². The summed E-state index contributed by atoms with van der Waals surface area (Å²) >= 11 is 3.98. The number of aromatic hydroxyl groups is 1. The van der Waals surface area contributed by atoms with E-state index in [0.29, 0.717) is 17.7 Å². The van der Waals surface area contributed by atoms with Crippen molar-refractivity contribution in [3.05, 3.63) is 29.6 Å². The van der Waals surface area contributed by atoms with Crippen LogP contribution in [0.4, 0.5) is 4.39 Å². The van der Waals surface area contributed by atoms with Crippen LogP contribution in [0.15, 0.2) is 18.2 Å². The Labute approximate surface area is 70.3 Å². The van der Waals surface area contributed by atoms with Crippen LogP contribution in [0.3, 0.4) is 0 Å². The summed E-state index contributed by atoms with van der Waals surface area (Å²) in [6.45, 7) is 0. The summed E-state index contributed by atoms with van der Waals surface area (Å²) < 4.78 is 12.5. The molecule has 3 heteroatoms. The van der Waals surface area contributed by atoms with Gasteiger partial charge in [0.25, 0.3) is 0 Å². The van der Waals surface area contributed by atoms with E-state index in [2.05, 4.69) is 12.6 Å². The van der Waals surface area contributed by atoms with E-state index in [-0.39, 0.29) is 11.6 Å². The first kappa shape index (κ1) is 8.40. The lowest BCUT2D eigenvalue weighted by Crippen LogP contribution is -1.88. The maximum Gasteiger partial charge on any atom is 0.123 e. The number of phenolic OH excluding ortho intramolecular Hbond substituents is 1. The van der Waals surface area contributed by atoms with E-state index >= 15 is 0 Å². The number of thiol groups is 1. The van der Waals surface area contributed by atoms with Crippen molar-refractivity contribution < 1.29 is 9.50 Å². The van der Waals surface area contributed by atoms with Gasteiger partial charge in [0.1, 0.15) is 11.6 Å². The molecule has 1 aromatic rings. The zero-order valence-electron chi connectivity index (χ0n) is 5.92. The van der Waals surface area contributed by atoms with E-state index in [0.717, 1.165) is 0 Å². The SMILES string of the molecule is Oc1ccc(F)cc1CCS. The van der Waals surface area contributed by atoms with Crippen LogP contribution in [0.5, 0.6) is 5.75 Å². The lowest BCUT2D eigenvalue weighted by molar-refractivity contribution is 0.466. The molecule has 0 atom stereocenters. The van der Waals surface area contributed by atoms with E-state index in [1.165, 1.54) is 18.2 Å². The predicted molar refractivity (Wildman–Crippen MR) is 45.6 cm³/mol. The maximum atomic E-state index is 12.5. The fraction of sp³-hybridized carbons (Fsp3) is 0.250. The van der Waals surface area contributed by atoms with Crippen LogP contribution >= 0.6 is 12.6 Å². The number of rotatable bonds is 2. The largest absolute Gasteiger partial charge is 0.508 e. The summed E-state index contributed by atoms with van der Waals surface area (Å²) in [6.07, 6.45) is 0.590. The van der Waals surface area contributed by atoms with Gasteiger partial charge in [-0.2, -0.15) is 12.6 Å². The Hall–Kier alpha value is -0.700. The van der Waals surface area contributed by atoms with E-state index in [1.807, 2.05) is 0 Å². The smallest absolute Gasteiger partial charge is 0.123 e. The molecule has 0 bridgehead atoms. The molecule has 0 fully saturated rings. The average Bonchev–Trinajstić information content (AvgIpc) is 1.98. The van der Waals surface area contributed by atoms with Gasteiger partial charge < -0.3 is 5.11 Å². The molecule has 0 aromatic heterocycles. The minimum absolute atomic E-state index is 0.139. The molecule has 0 unspecified atom stereocenters. The highest BCUT2D eigenvalue weighted by Crippen LogP contribution is 2.18. The molecule has 0 aliphatic carbocycles. The summed E-state index contributed by atoms with van der Waals surface area (Å²) in [4.78, 5) is 0. The fourth-order valence-corrected chi connectivity index (χ4v) is 1.12. The van der Waals surface area contributed by atoms with Gasteiger partial charge in [-0.05, 0) is 35.9 Å². The Morgan fingerprint density at radius 3 is 2.82 bits per heavy atom. The van der Waals surface area contributed by atoms with E-state index in [4.69, 9.17) is 5.11 Å². The molecule has 0 radical (unpaired) electrons. The van der Waals surface area contributed by atoms with Crippen LogP contribution in [0.25, 0.3) is 0 Å². The maximum absolute atomic E-state index is 12.5. The fourth-order valence-electron chi connectivity index (χ4n) is 0.875. The van der Waals surface area contributed by atoms with E-state index in [1.54, 1.807) is 0 Å². The van der Waals surface area contributed by atoms with Crippen molar-refractivity contribution in [1.29, 1.82) is 0 Å². The molecule has 11 heavy (non-hydrogen) atoms. The monoisotopic (exact) mass is 172 g/mol. The van der Waals surface area contributed by atoms with Crippen LogP contribution in [0.1, 0.15) is 5.56 Å². The second-order valence-corrected chi connectivity index (χ2v) is 2.69. The van der Waals surface area contributed by atoms with Crippen LogP contribution in [0, 0.1) is 5.82 Å². The zero-order chi connectivity index (χ0) is 8.27. The first-order valence-electron chi connectivity index (χ1n) is 3.32. The summed E-state index contributed by atoms with van der Waals surface area (Å²) in [5.74, 6) is 0.428. The topological polar surface area (TPSA) is 20.2 Å². The van der Waals surface area contributed by atoms with Crippen molar-refractivity contribution >= 4 is 12.6 Å². The lowest BCUT2D eigenvalue weighted by atomic mass is 10.1. The molecular formula is C8H9FOS. The van der Waals surface area contributed by atoms with Crippen LogP contribution < -0.4 is 0 Å². The molecule has 0 aliphatic rings. The highest BCUT2D eigenvalue weighted by molar-refractivity contribution is 7.80. The summed E-state index contributed by atoms with van der Waals surface area (Å²) in [5, 5.41) is 9.17. The third-order valence-corrected chi connectivity index (χ3v) is 1.65. The number of benzene rings is 1.